The summed E-state index contributed by atoms with van der Waals surface area (Å²) in [5.74, 6) is 1.50. The predicted octanol–water partition coefficient (Wildman–Crippen LogP) is 1.44. The van der Waals surface area contributed by atoms with Crippen molar-refractivity contribution in [1.82, 2.24) is 15.3 Å². The first-order chi connectivity index (χ1) is 9.38. The number of nitrogens with one attached hydrogen (secondary N) is 1. The summed E-state index contributed by atoms with van der Waals surface area (Å²) >= 11 is 0. The summed E-state index contributed by atoms with van der Waals surface area (Å²) in [6, 6.07) is 7.91. The van der Waals surface area contributed by atoms with E-state index in [1.807, 2.05) is 31.2 Å². The molecule has 0 unspecified atom stereocenters. The second-order valence-corrected chi connectivity index (χ2v) is 4.51. The van der Waals surface area contributed by atoms with E-state index in [2.05, 4.69) is 15.2 Å². The van der Waals surface area contributed by atoms with E-state index < -0.39 is 0 Å². The van der Waals surface area contributed by atoms with Crippen LogP contribution in [0.2, 0.25) is 0 Å². The molecule has 0 aliphatic carbocycles. The lowest BCUT2D eigenvalue weighted by Gasteiger charge is -2.29. The third-order valence-electron chi connectivity index (χ3n) is 3.22. The third-order valence-corrected chi connectivity index (χ3v) is 3.22. The Morgan fingerprint density at radius 2 is 1.84 bits per heavy atom. The van der Waals surface area contributed by atoms with Crippen LogP contribution in [0.5, 0.6) is 5.88 Å². The fourth-order valence-electron chi connectivity index (χ4n) is 2.29. The van der Waals surface area contributed by atoms with E-state index in [1.54, 1.807) is 0 Å². The van der Waals surface area contributed by atoms with Crippen molar-refractivity contribution in [2.75, 3.05) is 37.7 Å². The maximum absolute atomic E-state index is 5.66. The van der Waals surface area contributed by atoms with Gasteiger partial charge in [0.15, 0.2) is 5.82 Å². The number of ether oxygens (including phenoxy) is 1. The zero-order valence-corrected chi connectivity index (χ0v) is 11.1. The normalized spacial score (nSPS) is 15.7. The molecule has 3 rings (SSSR count). The molecule has 2 heterocycles. The van der Waals surface area contributed by atoms with E-state index in [-0.39, 0.29) is 0 Å². The molecule has 100 valence electrons. The van der Waals surface area contributed by atoms with Gasteiger partial charge >= 0.3 is 0 Å². The summed E-state index contributed by atoms with van der Waals surface area (Å²) in [6.45, 7) is 6.39. The number of benzene rings is 1. The lowest BCUT2D eigenvalue weighted by atomic mass is 10.3. The molecule has 1 aliphatic heterocycles. The molecule has 0 atom stereocenters. The molecule has 1 fully saturated rings. The van der Waals surface area contributed by atoms with Crippen molar-refractivity contribution < 1.29 is 4.74 Å². The molecular weight excluding hydrogens is 240 g/mol. The topological polar surface area (TPSA) is 50.3 Å². The van der Waals surface area contributed by atoms with Gasteiger partial charge in [-0.05, 0) is 19.1 Å². The molecule has 1 aromatic heterocycles. The highest BCUT2D eigenvalue weighted by atomic mass is 16.5. The van der Waals surface area contributed by atoms with Crippen molar-refractivity contribution in [3.8, 4) is 5.88 Å². The molecule has 1 N–H and O–H groups in total. The minimum atomic E-state index is 0.603. The Kier molecular flexibility index (Phi) is 3.46. The molecule has 1 aliphatic rings. The molecule has 0 spiro atoms. The Hall–Kier alpha value is -1.88. The minimum absolute atomic E-state index is 0.603. The minimum Gasteiger partial charge on any atom is -0.475 e. The van der Waals surface area contributed by atoms with Gasteiger partial charge in [-0.3, -0.25) is 0 Å². The Labute approximate surface area is 112 Å². The predicted molar refractivity (Wildman–Crippen MR) is 75.8 cm³/mol. The molecule has 0 saturated carbocycles. The first-order valence-corrected chi connectivity index (χ1v) is 6.73. The van der Waals surface area contributed by atoms with Gasteiger partial charge in [-0.15, -0.1) is 0 Å². The van der Waals surface area contributed by atoms with Crippen molar-refractivity contribution in [1.29, 1.82) is 0 Å². The van der Waals surface area contributed by atoms with E-state index in [4.69, 9.17) is 9.72 Å². The van der Waals surface area contributed by atoms with Gasteiger partial charge in [-0.1, -0.05) is 12.1 Å². The molecule has 0 amide bonds. The Morgan fingerprint density at radius 3 is 2.53 bits per heavy atom. The number of rotatable bonds is 3. The standard InChI is InChI=1S/C14H18N4O/c1-2-19-14-13(18-9-7-15-8-10-18)16-11-5-3-4-6-12(11)17-14/h3-6,15H,2,7-10H2,1H3. The molecule has 5 heteroatoms. The number of aromatic nitrogens is 2. The maximum atomic E-state index is 5.66. The fourth-order valence-corrected chi connectivity index (χ4v) is 2.29. The van der Waals surface area contributed by atoms with Crippen molar-refractivity contribution in [3.05, 3.63) is 24.3 Å². The Balaban J connectivity index is 2.05. The molecule has 1 saturated heterocycles. The van der Waals surface area contributed by atoms with Crippen LogP contribution in [0.4, 0.5) is 5.82 Å². The van der Waals surface area contributed by atoms with Gasteiger partial charge in [-0.25, -0.2) is 9.97 Å². The van der Waals surface area contributed by atoms with Gasteiger partial charge in [0.2, 0.25) is 0 Å². The third kappa shape index (κ3) is 2.46. The quantitative estimate of drug-likeness (QED) is 0.902. The summed E-state index contributed by atoms with van der Waals surface area (Å²) in [7, 11) is 0. The molecule has 0 bridgehead atoms. The van der Waals surface area contributed by atoms with Crippen LogP contribution in [0.15, 0.2) is 24.3 Å². The van der Waals surface area contributed by atoms with Gasteiger partial charge in [0.05, 0.1) is 17.6 Å². The van der Waals surface area contributed by atoms with E-state index in [9.17, 15) is 0 Å². The Bertz CT molecular complexity index is 566. The van der Waals surface area contributed by atoms with Gasteiger partial charge in [0, 0.05) is 26.2 Å². The summed E-state index contributed by atoms with van der Waals surface area (Å²) in [4.78, 5) is 11.6. The molecule has 0 radical (unpaired) electrons. The summed E-state index contributed by atoms with van der Waals surface area (Å²) in [6.07, 6.45) is 0. The summed E-state index contributed by atoms with van der Waals surface area (Å²) in [5, 5.41) is 3.34. The van der Waals surface area contributed by atoms with E-state index in [0.29, 0.717) is 12.5 Å². The highest BCUT2D eigenvalue weighted by Crippen LogP contribution is 2.27. The van der Waals surface area contributed by atoms with Crippen LogP contribution in [-0.4, -0.2) is 42.8 Å². The summed E-state index contributed by atoms with van der Waals surface area (Å²) < 4.78 is 5.66. The zero-order chi connectivity index (χ0) is 13.1. The fraction of sp³-hybridized carbons (Fsp3) is 0.429. The first-order valence-electron chi connectivity index (χ1n) is 6.73. The van der Waals surface area contributed by atoms with Gasteiger partial charge in [-0.2, -0.15) is 0 Å². The molecule has 1 aromatic carbocycles. The number of anilines is 1. The lowest BCUT2D eigenvalue weighted by molar-refractivity contribution is 0.326. The SMILES string of the molecule is CCOc1nc2ccccc2nc1N1CCNCC1. The second-order valence-electron chi connectivity index (χ2n) is 4.51. The van der Waals surface area contributed by atoms with Crippen LogP contribution >= 0.6 is 0 Å². The maximum Gasteiger partial charge on any atom is 0.258 e. The smallest absolute Gasteiger partial charge is 0.258 e. The first kappa shape index (κ1) is 12.2. The van der Waals surface area contributed by atoms with E-state index in [0.717, 1.165) is 43.0 Å². The second kappa shape index (κ2) is 5.40. The van der Waals surface area contributed by atoms with Crippen molar-refractivity contribution in [2.45, 2.75) is 6.92 Å². The number of piperazine rings is 1. The highest BCUT2D eigenvalue weighted by Gasteiger charge is 2.18. The molecular formula is C14H18N4O. The highest BCUT2D eigenvalue weighted by molar-refractivity contribution is 5.77. The monoisotopic (exact) mass is 258 g/mol. The molecule has 19 heavy (non-hydrogen) atoms. The van der Waals surface area contributed by atoms with Crippen LogP contribution in [0, 0.1) is 0 Å². The molecule has 5 nitrogen and oxygen atoms in total. The van der Waals surface area contributed by atoms with E-state index >= 15 is 0 Å². The average Bonchev–Trinajstić information content (AvgIpc) is 2.48. The largest absolute Gasteiger partial charge is 0.475 e. The van der Waals surface area contributed by atoms with Gasteiger partial charge in [0.1, 0.15) is 0 Å². The summed E-state index contributed by atoms with van der Waals surface area (Å²) in [5.41, 5.74) is 1.80. The lowest BCUT2D eigenvalue weighted by Crippen LogP contribution is -2.44. The van der Waals surface area contributed by atoms with Crippen molar-refractivity contribution >= 4 is 16.9 Å². The van der Waals surface area contributed by atoms with Crippen LogP contribution < -0.4 is 15.0 Å². The van der Waals surface area contributed by atoms with Crippen LogP contribution in [0.1, 0.15) is 6.92 Å². The van der Waals surface area contributed by atoms with Gasteiger partial charge in [0.25, 0.3) is 5.88 Å². The number of hydrogen-bond donors (Lipinski definition) is 1. The van der Waals surface area contributed by atoms with Crippen molar-refractivity contribution in [2.24, 2.45) is 0 Å². The molecule has 2 aromatic rings. The number of nitrogens with zero attached hydrogens (tertiary/aromatic N) is 3. The van der Waals surface area contributed by atoms with Crippen LogP contribution in [-0.2, 0) is 0 Å². The van der Waals surface area contributed by atoms with Crippen LogP contribution in [0.25, 0.3) is 11.0 Å². The number of hydrogen-bond acceptors (Lipinski definition) is 5. The number of para-hydroxylation sites is 2. The van der Waals surface area contributed by atoms with Crippen molar-refractivity contribution in [3.63, 3.8) is 0 Å². The van der Waals surface area contributed by atoms with E-state index in [1.165, 1.54) is 0 Å². The Morgan fingerprint density at radius 1 is 1.16 bits per heavy atom. The van der Waals surface area contributed by atoms with Crippen LogP contribution in [0.3, 0.4) is 0 Å². The van der Waals surface area contributed by atoms with Gasteiger partial charge < -0.3 is 15.0 Å². The average molecular weight is 258 g/mol. The number of fused-ring (bicyclic) bond motifs is 1. The zero-order valence-electron chi connectivity index (χ0n) is 11.1.